The van der Waals surface area contributed by atoms with Crippen LogP contribution in [0.25, 0.3) is 0 Å². The van der Waals surface area contributed by atoms with Gasteiger partial charge in [0.1, 0.15) is 11.6 Å². The van der Waals surface area contributed by atoms with Crippen molar-refractivity contribution in [3.8, 4) is 0 Å². The fourth-order valence-corrected chi connectivity index (χ4v) is 2.77. The number of anilines is 2. The van der Waals surface area contributed by atoms with Crippen LogP contribution in [0.15, 0.2) is 42.5 Å². The van der Waals surface area contributed by atoms with Gasteiger partial charge in [-0.15, -0.1) is 0 Å². The van der Waals surface area contributed by atoms with Crippen LogP contribution >= 0.6 is 0 Å². The number of nitrogens with one attached hydrogen (secondary N) is 3. The molecule has 7 heteroatoms. The third kappa shape index (κ3) is 3.76. The molecule has 0 heterocycles. The van der Waals surface area contributed by atoms with E-state index in [2.05, 4.69) is 16.0 Å². The molecule has 2 aromatic rings. The molecule has 1 aliphatic carbocycles. The molecule has 0 aromatic heterocycles. The van der Waals surface area contributed by atoms with E-state index in [1.165, 1.54) is 25.2 Å². The summed E-state index contributed by atoms with van der Waals surface area (Å²) in [6.07, 6.45) is 0.403. The molecular formula is C18H17F2N3O2. The van der Waals surface area contributed by atoms with Crippen molar-refractivity contribution in [2.24, 2.45) is 5.92 Å². The molecule has 1 fully saturated rings. The zero-order valence-corrected chi connectivity index (χ0v) is 13.5. The summed E-state index contributed by atoms with van der Waals surface area (Å²) in [6.45, 7) is 0. The number of carbonyl (C=O) groups excluding carboxylic acids is 2. The van der Waals surface area contributed by atoms with E-state index in [1.807, 2.05) is 0 Å². The fraction of sp³-hybridized carbons (Fsp3) is 0.222. The van der Waals surface area contributed by atoms with Crippen LogP contribution in [-0.4, -0.2) is 19.0 Å². The first-order valence-electron chi connectivity index (χ1n) is 7.83. The number of hydrogen-bond acceptors (Lipinski definition) is 2. The van der Waals surface area contributed by atoms with Crippen LogP contribution in [0.1, 0.15) is 17.9 Å². The van der Waals surface area contributed by atoms with Crippen molar-refractivity contribution in [1.29, 1.82) is 0 Å². The molecule has 3 rings (SSSR count). The Balaban J connectivity index is 1.66. The van der Waals surface area contributed by atoms with E-state index >= 15 is 0 Å². The van der Waals surface area contributed by atoms with Crippen LogP contribution in [0.5, 0.6) is 0 Å². The van der Waals surface area contributed by atoms with Crippen molar-refractivity contribution in [3.63, 3.8) is 0 Å². The average Bonchev–Trinajstić information content (AvgIpc) is 3.35. The molecule has 2 atom stereocenters. The molecule has 0 unspecified atom stereocenters. The first kappa shape index (κ1) is 16.9. The van der Waals surface area contributed by atoms with Gasteiger partial charge in [-0.1, -0.05) is 12.1 Å². The number of benzene rings is 2. The number of carbonyl (C=O) groups is 2. The quantitative estimate of drug-likeness (QED) is 0.794. The highest BCUT2D eigenvalue weighted by atomic mass is 19.1. The van der Waals surface area contributed by atoms with Crippen molar-refractivity contribution >= 4 is 23.3 Å². The van der Waals surface area contributed by atoms with Gasteiger partial charge in [0, 0.05) is 35.8 Å². The number of halogens is 2. The summed E-state index contributed by atoms with van der Waals surface area (Å²) in [7, 11) is 1.50. The Bertz CT molecular complexity index is 805. The van der Waals surface area contributed by atoms with Gasteiger partial charge >= 0.3 is 6.03 Å². The van der Waals surface area contributed by atoms with E-state index in [1.54, 1.807) is 24.3 Å². The molecular weight excluding hydrogens is 328 g/mol. The van der Waals surface area contributed by atoms with Gasteiger partial charge in [0.25, 0.3) is 0 Å². The molecule has 0 aliphatic heterocycles. The van der Waals surface area contributed by atoms with Crippen molar-refractivity contribution in [3.05, 3.63) is 59.7 Å². The molecule has 1 aliphatic rings. The number of rotatable bonds is 4. The highest BCUT2D eigenvalue weighted by Crippen LogP contribution is 2.49. The van der Waals surface area contributed by atoms with E-state index in [0.717, 1.165) is 0 Å². The lowest BCUT2D eigenvalue weighted by molar-refractivity contribution is -0.117. The minimum Gasteiger partial charge on any atom is -0.341 e. The van der Waals surface area contributed by atoms with Gasteiger partial charge in [-0.2, -0.15) is 0 Å². The van der Waals surface area contributed by atoms with Gasteiger partial charge in [0.05, 0.1) is 0 Å². The van der Waals surface area contributed by atoms with E-state index in [9.17, 15) is 18.4 Å². The zero-order valence-electron chi connectivity index (χ0n) is 13.5. The first-order chi connectivity index (χ1) is 12.0. The Morgan fingerprint density at radius 2 is 1.60 bits per heavy atom. The number of amides is 3. The average molecular weight is 345 g/mol. The van der Waals surface area contributed by atoms with Crippen LogP contribution in [0, 0.1) is 17.6 Å². The summed E-state index contributed by atoms with van der Waals surface area (Å²) < 4.78 is 27.6. The molecule has 0 saturated heterocycles. The molecule has 3 amide bonds. The topological polar surface area (TPSA) is 70.2 Å². The first-order valence-corrected chi connectivity index (χ1v) is 7.83. The molecule has 25 heavy (non-hydrogen) atoms. The van der Waals surface area contributed by atoms with Crippen LogP contribution in [0.3, 0.4) is 0 Å². The summed E-state index contributed by atoms with van der Waals surface area (Å²) in [5.74, 6) is -2.48. The Labute approximate surface area is 143 Å². The SMILES string of the molecule is CNC(=O)Nc1cccc(NC(=O)[C@@H]2C[C@@H]2c2c(F)cccc2F)c1. The predicted molar refractivity (Wildman–Crippen MR) is 90.4 cm³/mol. The lowest BCUT2D eigenvalue weighted by atomic mass is 10.1. The number of hydrogen-bond donors (Lipinski definition) is 3. The van der Waals surface area contributed by atoms with E-state index in [-0.39, 0.29) is 17.5 Å². The Kier molecular flexibility index (Phi) is 4.65. The van der Waals surface area contributed by atoms with Crippen LogP contribution in [0.4, 0.5) is 25.0 Å². The minimum absolute atomic E-state index is 0.0299. The van der Waals surface area contributed by atoms with E-state index < -0.39 is 23.5 Å². The standard InChI is InChI=1S/C18H17F2N3O2/c1-21-18(25)23-11-5-2-4-10(8-11)22-17(24)13-9-12(13)16-14(19)6-3-7-15(16)20/h2-8,12-13H,9H2,1H3,(H,22,24)(H2,21,23,25)/t12-,13+/m0/s1. The van der Waals surface area contributed by atoms with Crippen LogP contribution in [0.2, 0.25) is 0 Å². The molecule has 1 saturated carbocycles. The predicted octanol–water partition coefficient (Wildman–Crippen LogP) is 3.46. The molecule has 0 bridgehead atoms. The largest absolute Gasteiger partial charge is 0.341 e. The molecule has 0 spiro atoms. The molecule has 130 valence electrons. The molecule has 2 aromatic carbocycles. The van der Waals surface area contributed by atoms with Gasteiger partial charge in [-0.05, 0) is 36.8 Å². The van der Waals surface area contributed by atoms with Gasteiger partial charge < -0.3 is 16.0 Å². The third-order valence-electron chi connectivity index (χ3n) is 4.11. The summed E-state index contributed by atoms with van der Waals surface area (Å²) >= 11 is 0. The maximum absolute atomic E-state index is 13.8. The monoisotopic (exact) mass is 345 g/mol. The van der Waals surface area contributed by atoms with Crippen LogP contribution < -0.4 is 16.0 Å². The van der Waals surface area contributed by atoms with Crippen LogP contribution in [-0.2, 0) is 4.79 Å². The summed E-state index contributed by atoms with van der Waals surface area (Å²) in [4.78, 5) is 23.6. The van der Waals surface area contributed by atoms with Crippen molar-refractivity contribution in [1.82, 2.24) is 5.32 Å². The lowest BCUT2D eigenvalue weighted by Gasteiger charge is -2.09. The minimum atomic E-state index is -0.628. The highest BCUT2D eigenvalue weighted by molar-refractivity contribution is 5.96. The lowest BCUT2D eigenvalue weighted by Crippen LogP contribution is -2.24. The Morgan fingerprint density at radius 1 is 1.00 bits per heavy atom. The van der Waals surface area contributed by atoms with Crippen molar-refractivity contribution in [2.45, 2.75) is 12.3 Å². The third-order valence-corrected chi connectivity index (χ3v) is 4.11. The van der Waals surface area contributed by atoms with Gasteiger partial charge in [0.2, 0.25) is 5.91 Å². The zero-order chi connectivity index (χ0) is 18.0. The smallest absolute Gasteiger partial charge is 0.318 e. The maximum Gasteiger partial charge on any atom is 0.318 e. The highest BCUT2D eigenvalue weighted by Gasteiger charge is 2.46. The Morgan fingerprint density at radius 3 is 2.24 bits per heavy atom. The Hall–Kier alpha value is -2.96. The number of urea groups is 1. The van der Waals surface area contributed by atoms with Gasteiger partial charge in [0.15, 0.2) is 0 Å². The summed E-state index contributed by atoms with van der Waals surface area (Å²) in [5, 5.41) is 7.75. The molecule has 5 nitrogen and oxygen atoms in total. The second-order valence-electron chi connectivity index (χ2n) is 5.86. The normalized spacial score (nSPS) is 18.4. The van der Waals surface area contributed by atoms with E-state index in [0.29, 0.717) is 17.8 Å². The molecule has 3 N–H and O–H groups in total. The molecule has 0 radical (unpaired) electrons. The van der Waals surface area contributed by atoms with Crippen molar-refractivity contribution in [2.75, 3.05) is 17.7 Å². The second-order valence-corrected chi connectivity index (χ2v) is 5.86. The summed E-state index contributed by atoms with van der Waals surface area (Å²) in [6, 6.07) is 9.96. The summed E-state index contributed by atoms with van der Waals surface area (Å²) in [5.41, 5.74) is 0.987. The van der Waals surface area contributed by atoms with E-state index in [4.69, 9.17) is 0 Å². The van der Waals surface area contributed by atoms with Crippen molar-refractivity contribution < 1.29 is 18.4 Å². The fourth-order valence-electron chi connectivity index (χ4n) is 2.77. The van der Waals surface area contributed by atoms with Gasteiger partial charge in [-0.25, -0.2) is 13.6 Å². The maximum atomic E-state index is 13.8. The second kappa shape index (κ2) is 6.88. The van der Waals surface area contributed by atoms with Gasteiger partial charge in [-0.3, -0.25) is 4.79 Å².